The van der Waals surface area contributed by atoms with E-state index < -0.39 is 29.7 Å². The molecule has 0 aliphatic carbocycles. The highest BCUT2D eigenvalue weighted by atomic mass is 35.5. The first kappa shape index (κ1) is 26.9. The van der Waals surface area contributed by atoms with Crippen LogP contribution in [0.25, 0.3) is 0 Å². The second-order valence-corrected chi connectivity index (χ2v) is 8.87. The van der Waals surface area contributed by atoms with Gasteiger partial charge >= 0.3 is 6.18 Å². The monoisotopic (exact) mass is 518 g/mol. The molecule has 192 valence electrons. The SMILES string of the molecule is CC(=O)[C@@H](CCCN[C@H]1CN(c2ncnc(N)c2F)CC[C@@H]1O)Nc1cc(Cl)cc(C(F)(F)F)c1. The average Bonchev–Trinajstić information content (AvgIpc) is 2.78. The molecular formula is C22H27ClF4N6O2. The number of carbonyl (C=O) groups excluding carboxylic acids is 1. The van der Waals surface area contributed by atoms with Crippen LogP contribution in [0.2, 0.25) is 5.02 Å². The second kappa shape index (κ2) is 11.4. The van der Waals surface area contributed by atoms with Gasteiger partial charge in [0, 0.05) is 23.8 Å². The summed E-state index contributed by atoms with van der Waals surface area (Å²) in [5.74, 6) is -1.14. The third kappa shape index (κ3) is 7.15. The maximum atomic E-state index is 14.3. The van der Waals surface area contributed by atoms with Crippen LogP contribution in [0, 0.1) is 5.82 Å². The molecule has 0 saturated carbocycles. The number of hydrogen-bond acceptors (Lipinski definition) is 8. The van der Waals surface area contributed by atoms with Crippen molar-refractivity contribution in [3.63, 3.8) is 0 Å². The zero-order valence-electron chi connectivity index (χ0n) is 18.9. The molecule has 1 fully saturated rings. The van der Waals surface area contributed by atoms with Gasteiger partial charge in [0.15, 0.2) is 17.4 Å². The zero-order valence-corrected chi connectivity index (χ0v) is 19.7. The van der Waals surface area contributed by atoms with Crippen molar-refractivity contribution in [1.29, 1.82) is 0 Å². The molecular weight excluding hydrogens is 492 g/mol. The van der Waals surface area contributed by atoms with Gasteiger partial charge in [0.2, 0.25) is 5.82 Å². The summed E-state index contributed by atoms with van der Waals surface area (Å²) in [5, 5.41) is 16.3. The maximum absolute atomic E-state index is 14.3. The molecule has 0 unspecified atom stereocenters. The van der Waals surface area contributed by atoms with E-state index in [1.165, 1.54) is 19.3 Å². The summed E-state index contributed by atoms with van der Waals surface area (Å²) < 4.78 is 53.5. The summed E-state index contributed by atoms with van der Waals surface area (Å²) in [6, 6.07) is 1.95. The smallest absolute Gasteiger partial charge is 0.391 e. The van der Waals surface area contributed by atoms with E-state index in [0.29, 0.717) is 32.4 Å². The molecule has 1 aliphatic rings. The summed E-state index contributed by atoms with van der Waals surface area (Å²) in [6.45, 7) is 2.44. The van der Waals surface area contributed by atoms with Gasteiger partial charge in [0.25, 0.3) is 0 Å². The molecule has 2 heterocycles. The van der Waals surface area contributed by atoms with Crippen molar-refractivity contribution in [2.75, 3.05) is 35.6 Å². The molecule has 8 nitrogen and oxygen atoms in total. The first-order valence-corrected chi connectivity index (χ1v) is 11.4. The lowest BCUT2D eigenvalue weighted by Crippen LogP contribution is -2.54. The number of nitrogen functional groups attached to an aromatic ring is 1. The number of aliphatic hydroxyl groups excluding tert-OH is 1. The van der Waals surface area contributed by atoms with Crippen molar-refractivity contribution in [3.05, 3.63) is 40.9 Å². The Kier molecular flexibility index (Phi) is 8.73. The molecule has 1 saturated heterocycles. The Balaban J connectivity index is 1.55. The number of nitrogens with one attached hydrogen (secondary N) is 2. The Bertz CT molecular complexity index is 1040. The number of alkyl halides is 3. The quantitative estimate of drug-likeness (QED) is 0.295. The number of aliphatic hydroxyl groups is 1. The molecule has 13 heteroatoms. The standard InChI is InChI=1S/C22H27ClF4N6O2/c1-12(34)16(32-15-8-13(22(25,26)27)7-14(23)9-15)3-2-5-29-17-10-33(6-4-18(17)35)21-19(24)20(28)30-11-31-21/h7-9,11,16-18,29,32,35H,2-6,10H2,1H3,(H2,28,30,31)/t16-,17+,18+/m1/s1. The van der Waals surface area contributed by atoms with Gasteiger partial charge in [-0.2, -0.15) is 17.6 Å². The Hall–Kier alpha value is -2.70. The lowest BCUT2D eigenvalue weighted by Gasteiger charge is -2.37. The van der Waals surface area contributed by atoms with E-state index in [4.69, 9.17) is 17.3 Å². The van der Waals surface area contributed by atoms with E-state index >= 15 is 0 Å². The molecule has 3 rings (SSSR count). The lowest BCUT2D eigenvalue weighted by molar-refractivity contribution is -0.137. The average molecular weight is 519 g/mol. The van der Waals surface area contributed by atoms with Crippen LogP contribution in [0.5, 0.6) is 0 Å². The van der Waals surface area contributed by atoms with E-state index in [1.54, 1.807) is 4.90 Å². The fourth-order valence-corrected chi connectivity index (χ4v) is 4.17. The molecule has 0 spiro atoms. The fraction of sp³-hybridized carbons (Fsp3) is 0.500. The topological polar surface area (TPSA) is 116 Å². The van der Waals surface area contributed by atoms with Crippen molar-refractivity contribution < 1.29 is 27.5 Å². The van der Waals surface area contributed by atoms with Crippen molar-refractivity contribution in [2.24, 2.45) is 0 Å². The van der Waals surface area contributed by atoms with Gasteiger partial charge in [0.05, 0.1) is 23.8 Å². The van der Waals surface area contributed by atoms with Crippen molar-refractivity contribution in [1.82, 2.24) is 15.3 Å². The third-order valence-corrected chi connectivity index (χ3v) is 6.02. The van der Waals surface area contributed by atoms with Crippen molar-refractivity contribution in [3.8, 4) is 0 Å². The minimum Gasteiger partial charge on any atom is -0.391 e. The highest BCUT2D eigenvalue weighted by Crippen LogP contribution is 2.33. The minimum atomic E-state index is -4.56. The van der Waals surface area contributed by atoms with E-state index in [0.717, 1.165) is 12.1 Å². The van der Waals surface area contributed by atoms with E-state index in [-0.39, 0.29) is 40.7 Å². The van der Waals surface area contributed by atoms with Gasteiger partial charge in [-0.3, -0.25) is 4.79 Å². The molecule has 0 amide bonds. The predicted octanol–water partition coefficient (Wildman–Crippen LogP) is 3.25. The highest BCUT2D eigenvalue weighted by Gasteiger charge is 2.32. The van der Waals surface area contributed by atoms with E-state index in [9.17, 15) is 27.5 Å². The summed E-state index contributed by atoms with van der Waals surface area (Å²) >= 11 is 5.82. The van der Waals surface area contributed by atoms with Gasteiger partial charge < -0.3 is 26.4 Å². The first-order chi connectivity index (χ1) is 16.5. The number of aromatic nitrogens is 2. The number of anilines is 3. The summed E-state index contributed by atoms with van der Waals surface area (Å²) in [6.07, 6.45) is -2.85. The Labute approximate surface area is 204 Å². The molecule has 1 aliphatic heterocycles. The molecule has 35 heavy (non-hydrogen) atoms. The summed E-state index contributed by atoms with van der Waals surface area (Å²) in [5.41, 5.74) is 4.71. The number of nitrogens with zero attached hydrogens (tertiary/aromatic N) is 3. The number of halogens is 5. The van der Waals surface area contributed by atoms with Crippen LogP contribution in [0.1, 0.15) is 31.7 Å². The Morgan fingerprint density at radius 2 is 2.09 bits per heavy atom. The van der Waals surface area contributed by atoms with Crippen LogP contribution in [-0.2, 0) is 11.0 Å². The van der Waals surface area contributed by atoms with Gasteiger partial charge in [-0.05, 0) is 50.9 Å². The van der Waals surface area contributed by atoms with Crippen LogP contribution >= 0.6 is 11.6 Å². The molecule has 3 atom stereocenters. The van der Waals surface area contributed by atoms with Crippen LogP contribution in [0.4, 0.5) is 34.9 Å². The second-order valence-electron chi connectivity index (χ2n) is 8.44. The van der Waals surface area contributed by atoms with Crippen molar-refractivity contribution in [2.45, 2.75) is 50.6 Å². The molecule has 0 bridgehead atoms. The number of rotatable bonds is 9. The molecule has 2 aromatic rings. The van der Waals surface area contributed by atoms with Crippen LogP contribution < -0.4 is 21.3 Å². The zero-order chi connectivity index (χ0) is 25.8. The Morgan fingerprint density at radius 1 is 1.34 bits per heavy atom. The molecule has 1 aromatic heterocycles. The van der Waals surface area contributed by atoms with Gasteiger partial charge in [0.1, 0.15) is 6.33 Å². The normalized spacial score (nSPS) is 19.5. The predicted molar refractivity (Wildman–Crippen MR) is 125 cm³/mol. The minimum absolute atomic E-state index is 0.0665. The molecule has 0 radical (unpaired) electrons. The maximum Gasteiger partial charge on any atom is 0.416 e. The molecule has 5 N–H and O–H groups in total. The van der Waals surface area contributed by atoms with Gasteiger partial charge in [-0.25, -0.2) is 9.97 Å². The van der Waals surface area contributed by atoms with Crippen molar-refractivity contribution >= 4 is 34.7 Å². The van der Waals surface area contributed by atoms with E-state index in [2.05, 4.69) is 20.6 Å². The number of hydrogen-bond donors (Lipinski definition) is 4. The number of carbonyl (C=O) groups is 1. The van der Waals surface area contributed by atoms with Crippen LogP contribution in [0.3, 0.4) is 0 Å². The largest absolute Gasteiger partial charge is 0.416 e. The number of Topliss-reactive ketones (excluding diaryl/α,β-unsaturated/α-hetero) is 1. The number of benzene rings is 1. The Morgan fingerprint density at radius 3 is 2.77 bits per heavy atom. The third-order valence-electron chi connectivity index (χ3n) is 5.81. The highest BCUT2D eigenvalue weighted by molar-refractivity contribution is 6.31. The van der Waals surface area contributed by atoms with Crippen LogP contribution in [0.15, 0.2) is 24.5 Å². The van der Waals surface area contributed by atoms with Gasteiger partial charge in [-0.15, -0.1) is 0 Å². The summed E-state index contributed by atoms with van der Waals surface area (Å²) in [4.78, 5) is 21.3. The van der Waals surface area contributed by atoms with Crippen LogP contribution in [-0.4, -0.2) is 58.7 Å². The van der Waals surface area contributed by atoms with Gasteiger partial charge in [-0.1, -0.05) is 11.6 Å². The summed E-state index contributed by atoms with van der Waals surface area (Å²) in [7, 11) is 0. The lowest BCUT2D eigenvalue weighted by atomic mass is 10.0. The fourth-order valence-electron chi connectivity index (χ4n) is 3.94. The van der Waals surface area contributed by atoms with E-state index in [1.807, 2.05) is 0 Å². The first-order valence-electron chi connectivity index (χ1n) is 11.0. The number of ketones is 1. The molecule has 1 aromatic carbocycles. The number of piperidine rings is 1. The number of nitrogens with two attached hydrogens (primary N) is 1.